The molecule has 1 aromatic carbocycles. The Morgan fingerprint density at radius 1 is 1.13 bits per heavy atom. The Morgan fingerprint density at radius 3 is 2.42 bits per heavy atom. The highest BCUT2D eigenvalue weighted by atomic mass is 32.2. The molecule has 1 fully saturated rings. The second-order valence-corrected chi connectivity index (χ2v) is 10.3. The van der Waals surface area contributed by atoms with E-state index >= 15 is 0 Å². The van der Waals surface area contributed by atoms with Gasteiger partial charge in [0.2, 0.25) is 10.0 Å². The molecular weight excluding hydrogens is 438 g/mol. The Morgan fingerprint density at radius 2 is 1.81 bits per heavy atom. The molecule has 3 heterocycles. The van der Waals surface area contributed by atoms with Crippen molar-refractivity contribution in [2.24, 2.45) is 0 Å². The summed E-state index contributed by atoms with van der Waals surface area (Å²) in [4.78, 5) is 17.1. The van der Waals surface area contributed by atoms with Crippen LogP contribution in [0.25, 0.3) is 11.5 Å². The lowest BCUT2D eigenvalue weighted by Crippen LogP contribution is -2.48. The van der Waals surface area contributed by atoms with Crippen molar-refractivity contribution in [3.8, 4) is 11.5 Å². The van der Waals surface area contributed by atoms with E-state index in [0.717, 1.165) is 5.76 Å². The largest absolute Gasteiger partial charge is 0.460 e. The Bertz CT molecular complexity index is 1170. The van der Waals surface area contributed by atoms with Crippen molar-refractivity contribution in [3.05, 3.63) is 53.1 Å². The smallest absolute Gasteiger partial charge is 0.257 e. The number of sulfonamides is 1. The summed E-state index contributed by atoms with van der Waals surface area (Å²) in [6.07, 6.45) is -0.339. The van der Waals surface area contributed by atoms with Crippen LogP contribution in [0.3, 0.4) is 0 Å². The fraction of sp³-hybridized carbons (Fsp3) is 0.333. The van der Waals surface area contributed by atoms with Crippen LogP contribution in [0.4, 0.5) is 5.13 Å². The van der Waals surface area contributed by atoms with Gasteiger partial charge in [-0.3, -0.25) is 10.1 Å². The second kappa shape index (κ2) is 8.54. The Labute approximate surface area is 184 Å². The molecule has 10 heteroatoms. The second-order valence-electron chi connectivity index (χ2n) is 7.51. The number of amides is 1. The fourth-order valence-corrected chi connectivity index (χ4v) is 5.73. The van der Waals surface area contributed by atoms with E-state index in [1.54, 1.807) is 5.38 Å². The number of nitrogens with one attached hydrogen (secondary N) is 1. The van der Waals surface area contributed by atoms with Crippen LogP contribution >= 0.6 is 11.3 Å². The molecule has 1 aliphatic rings. The lowest BCUT2D eigenvalue weighted by molar-refractivity contribution is -0.0440. The Hall–Kier alpha value is -2.53. The highest BCUT2D eigenvalue weighted by Crippen LogP contribution is 2.27. The minimum Gasteiger partial charge on any atom is -0.460 e. The first-order chi connectivity index (χ1) is 14.7. The molecule has 1 N–H and O–H groups in total. The third-order valence-corrected chi connectivity index (χ3v) is 7.46. The number of aromatic nitrogens is 1. The average Bonchev–Trinajstić information content (AvgIpc) is 3.36. The van der Waals surface area contributed by atoms with Crippen molar-refractivity contribution >= 4 is 32.4 Å². The molecular formula is C21H23N3O5S2. The maximum absolute atomic E-state index is 12.9. The Balaban J connectivity index is 1.45. The minimum atomic E-state index is -3.65. The van der Waals surface area contributed by atoms with Crippen LogP contribution in [0, 0.1) is 6.92 Å². The van der Waals surface area contributed by atoms with Crippen molar-refractivity contribution in [2.45, 2.75) is 37.9 Å². The van der Waals surface area contributed by atoms with Gasteiger partial charge < -0.3 is 9.15 Å². The van der Waals surface area contributed by atoms with Gasteiger partial charge in [0.25, 0.3) is 5.91 Å². The molecule has 31 heavy (non-hydrogen) atoms. The van der Waals surface area contributed by atoms with Gasteiger partial charge in [0.15, 0.2) is 10.9 Å². The number of ether oxygens (including phenoxy) is 1. The average molecular weight is 462 g/mol. The van der Waals surface area contributed by atoms with E-state index in [4.69, 9.17) is 9.15 Å². The van der Waals surface area contributed by atoms with Crippen LogP contribution in [0.2, 0.25) is 0 Å². The number of aryl methyl sites for hydroxylation is 1. The zero-order valence-electron chi connectivity index (χ0n) is 17.4. The van der Waals surface area contributed by atoms with E-state index in [2.05, 4.69) is 10.3 Å². The number of rotatable bonds is 5. The molecule has 0 aliphatic carbocycles. The molecule has 2 aromatic heterocycles. The number of hydrogen-bond acceptors (Lipinski definition) is 7. The topological polar surface area (TPSA) is 102 Å². The molecule has 2 atom stereocenters. The van der Waals surface area contributed by atoms with Gasteiger partial charge in [-0.2, -0.15) is 4.31 Å². The molecule has 0 radical (unpaired) electrons. The summed E-state index contributed by atoms with van der Waals surface area (Å²) >= 11 is 1.29. The van der Waals surface area contributed by atoms with Crippen molar-refractivity contribution in [1.82, 2.24) is 9.29 Å². The van der Waals surface area contributed by atoms with Gasteiger partial charge in [0.05, 0.1) is 17.1 Å². The molecule has 2 unspecified atom stereocenters. The number of carbonyl (C=O) groups is 1. The number of morpholine rings is 1. The first kappa shape index (κ1) is 21.7. The molecule has 3 aromatic rings. The predicted octanol–water partition coefficient (Wildman–Crippen LogP) is 3.76. The predicted molar refractivity (Wildman–Crippen MR) is 118 cm³/mol. The number of carbonyl (C=O) groups excluding carboxylic acids is 1. The van der Waals surface area contributed by atoms with Crippen molar-refractivity contribution < 1.29 is 22.4 Å². The zero-order valence-corrected chi connectivity index (χ0v) is 19.0. The third kappa shape index (κ3) is 4.72. The van der Waals surface area contributed by atoms with Gasteiger partial charge in [0, 0.05) is 24.0 Å². The van der Waals surface area contributed by atoms with Gasteiger partial charge in [-0.1, -0.05) is 0 Å². The van der Waals surface area contributed by atoms with Crippen LogP contribution < -0.4 is 5.32 Å². The van der Waals surface area contributed by atoms with E-state index in [1.165, 1.54) is 39.9 Å². The van der Waals surface area contributed by atoms with E-state index in [1.807, 2.05) is 32.9 Å². The Kier molecular flexibility index (Phi) is 5.98. The standard InChI is InChI=1S/C21H23N3O5S2/c1-13-4-9-19(29-13)18-12-30-21(22-18)23-20(25)16-5-7-17(8-6-16)31(26,27)24-10-14(2)28-15(3)11-24/h4-9,12,14-15H,10-11H2,1-3H3,(H,22,23,25). The number of benzene rings is 1. The number of anilines is 1. The van der Waals surface area contributed by atoms with Crippen LogP contribution in [0.1, 0.15) is 30.0 Å². The number of hydrogen-bond donors (Lipinski definition) is 1. The van der Waals surface area contributed by atoms with E-state index in [9.17, 15) is 13.2 Å². The summed E-state index contributed by atoms with van der Waals surface area (Å²) in [5.41, 5.74) is 0.983. The summed E-state index contributed by atoms with van der Waals surface area (Å²) in [5, 5.41) is 4.97. The fourth-order valence-electron chi connectivity index (χ4n) is 3.44. The van der Waals surface area contributed by atoms with Crippen LogP contribution in [-0.4, -0.2) is 48.9 Å². The quantitative estimate of drug-likeness (QED) is 0.621. The van der Waals surface area contributed by atoms with Crippen molar-refractivity contribution in [1.29, 1.82) is 0 Å². The molecule has 4 rings (SSSR count). The normalized spacial score (nSPS) is 20.0. The third-order valence-electron chi connectivity index (χ3n) is 4.86. The highest BCUT2D eigenvalue weighted by Gasteiger charge is 2.32. The molecule has 0 spiro atoms. The summed E-state index contributed by atoms with van der Waals surface area (Å²) in [5.74, 6) is 1.05. The monoisotopic (exact) mass is 461 g/mol. The zero-order chi connectivity index (χ0) is 22.2. The van der Waals surface area contributed by atoms with Crippen molar-refractivity contribution in [3.63, 3.8) is 0 Å². The van der Waals surface area contributed by atoms with Crippen LogP contribution in [0.5, 0.6) is 0 Å². The van der Waals surface area contributed by atoms with Crippen LogP contribution in [0.15, 0.2) is 51.1 Å². The molecule has 1 aliphatic heterocycles. The maximum atomic E-state index is 12.9. The molecule has 8 nitrogen and oxygen atoms in total. The van der Waals surface area contributed by atoms with Gasteiger partial charge >= 0.3 is 0 Å². The SMILES string of the molecule is Cc1ccc(-c2csc(NC(=O)c3ccc(S(=O)(=O)N4CC(C)OC(C)C4)cc3)n2)o1. The molecule has 0 saturated carbocycles. The molecule has 164 valence electrons. The number of thiazole rings is 1. The van der Waals surface area contributed by atoms with Gasteiger partial charge in [-0.15, -0.1) is 11.3 Å². The molecule has 1 amide bonds. The lowest BCUT2D eigenvalue weighted by Gasteiger charge is -2.34. The number of nitrogens with zero attached hydrogens (tertiary/aromatic N) is 2. The first-order valence-corrected chi connectivity index (χ1v) is 12.1. The summed E-state index contributed by atoms with van der Waals surface area (Å²) < 4.78 is 38.5. The van der Waals surface area contributed by atoms with E-state index in [-0.39, 0.29) is 23.0 Å². The maximum Gasteiger partial charge on any atom is 0.257 e. The van der Waals surface area contributed by atoms with E-state index in [0.29, 0.717) is 35.2 Å². The van der Waals surface area contributed by atoms with Crippen LogP contribution in [-0.2, 0) is 14.8 Å². The summed E-state index contributed by atoms with van der Waals surface area (Å²) in [6, 6.07) is 9.58. The lowest BCUT2D eigenvalue weighted by atomic mass is 10.2. The van der Waals surface area contributed by atoms with Crippen molar-refractivity contribution in [2.75, 3.05) is 18.4 Å². The molecule has 0 bridgehead atoms. The summed E-state index contributed by atoms with van der Waals surface area (Å²) in [6.45, 7) is 6.15. The van der Waals surface area contributed by atoms with Gasteiger partial charge in [-0.05, 0) is 57.2 Å². The van der Waals surface area contributed by atoms with Gasteiger partial charge in [-0.25, -0.2) is 13.4 Å². The number of furan rings is 1. The molecule has 1 saturated heterocycles. The summed E-state index contributed by atoms with van der Waals surface area (Å²) in [7, 11) is -3.65. The van der Waals surface area contributed by atoms with E-state index < -0.39 is 10.0 Å². The highest BCUT2D eigenvalue weighted by molar-refractivity contribution is 7.89. The first-order valence-electron chi connectivity index (χ1n) is 9.82. The minimum absolute atomic E-state index is 0.148. The van der Waals surface area contributed by atoms with Gasteiger partial charge in [0.1, 0.15) is 11.5 Å².